The van der Waals surface area contributed by atoms with Gasteiger partial charge >= 0.3 is 0 Å². The van der Waals surface area contributed by atoms with Gasteiger partial charge in [-0.1, -0.05) is 12.1 Å². The Morgan fingerprint density at radius 1 is 1.33 bits per heavy atom. The van der Waals surface area contributed by atoms with E-state index in [0.717, 1.165) is 5.56 Å². The van der Waals surface area contributed by atoms with Crippen molar-refractivity contribution in [1.29, 1.82) is 0 Å². The molecule has 1 saturated heterocycles. The standard InChI is InChI=1S/C11H17N3O3S/c12-11-3-1-2-10(8-11)9-13-18(15,16)14-4-6-17-7-5-14/h1-3,8,13H,4-7,9,12H2. The molecule has 0 bridgehead atoms. The zero-order chi connectivity index (χ0) is 13.0. The van der Waals surface area contributed by atoms with E-state index in [9.17, 15) is 8.42 Å². The molecule has 0 amide bonds. The molecule has 1 heterocycles. The highest BCUT2D eigenvalue weighted by atomic mass is 32.2. The summed E-state index contributed by atoms with van der Waals surface area (Å²) in [6.45, 7) is 1.92. The van der Waals surface area contributed by atoms with Crippen molar-refractivity contribution in [2.24, 2.45) is 0 Å². The van der Waals surface area contributed by atoms with Crippen LogP contribution in [0.15, 0.2) is 24.3 Å². The van der Waals surface area contributed by atoms with Gasteiger partial charge in [0.1, 0.15) is 0 Å². The predicted molar refractivity (Wildman–Crippen MR) is 69.0 cm³/mol. The highest BCUT2D eigenvalue weighted by Gasteiger charge is 2.23. The van der Waals surface area contributed by atoms with Gasteiger partial charge < -0.3 is 10.5 Å². The number of nitrogens with two attached hydrogens (primary N) is 1. The summed E-state index contributed by atoms with van der Waals surface area (Å²) in [6, 6.07) is 7.15. The van der Waals surface area contributed by atoms with Gasteiger partial charge in [0.05, 0.1) is 13.2 Å². The molecule has 0 saturated carbocycles. The van der Waals surface area contributed by atoms with Gasteiger partial charge in [-0.25, -0.2) is 0 Å². The van der Waals surface area contributed by atoms with Crippen molar-refractivity contribution in [3.63, 3.8) is 0 Å². The third-order valence-corrected chi connectivity index (χ3v) is 4.27. The maximum absolute atomic E-state index is 12.0. The van der Waals surface area contributed by atoms with Crippen molar-refractivity contribution >= 4 is 15.9 Å². The first-order chi connectivity index (χ1) is 8.58. The molecule has 1 fully saturated rings. The molecule has 0 radical (unpaired) electrons. The van der Waals surface area contributed by atoms with Gasteiger partial charge in [0.2, 0.25) is 0 Å². The molecule has 0 aromatic heterocycles. The molecular formula is C11H17N3O3S. The summed E-state index contributed by atoms with van der Waals surface area (Å²) < 4.78 is 33.0. The van der Waals surface area contributed by atoms with Crippen LogP contribution in [0, 0.1) is 0 Å². The van der Waals surface area contributed by atoms with Crippen molar-refractivity contribution < 1.29 is 13.2 Å². The zero-order valence-electron chi connectivity index (χ0n) is 10.0. The molecule has 0 spiro atoms. The van der Waals surface area contributed by atoms with Crippen molar-refractivity contribution in [3.8, 4) is 0 Å². The summed E-state index contributed by atoms with van der Waals surface area (Å²) in [5.41, 5.74) is 7.10. The minimum atomic E-state index is -3.43. The van der Waals surface area contributed by atoms with Gasteiger partial charge in [0.15, 0.2) is 0 Å². The highest BCUT2D eigenvalue weighted by molar-refractivity contribution is 7.87. The maximum atomic E-state index is 12.0. The third-order valence-electron chi connectivity index (χ3n) is 2.72. The number of ether oxygens (including phenoxy) is 1. The lowest BCUT2D eigenvalue weighted by Crippen LogP contribution is -2.46. The van der Waals surface area contributed by atoms with E-state index < -0.39 is 10.2 Å². The normalized spacial score (nSPS) is 17.8. The van der Waals surface area contributed by atoms with Crippen LogP contribution in [0.1, 0.15) is 5.56 Å². The number of nitrogens with zero attached hydrogens (tertiary/aromatic N) is 1. The predicted octanol–water partition coefficient (Wildman–Crippen LogP) is -0.0646. The van der Waals surface area contributed by atoms with Crippen molar-refractivity contribution in [1.82, 2.24) is 9.03 Å². The number of benzene rings is 1. The van der Waals surface area contributed by atoms with Gasteiger partial charge in [0.25, 0.3) is 10.2 Å². The van der Waals surface area contributed by atoms with Gasteiger partial charge in [-0.3, -0.25) is 0 Å². The summed E-state index contributed by atoms with van der Waals surface area (Å²) in [5, 5.41) is 0. The minimum Gasteiger partial charge on any atom is -0.399 e. The molecule has 18 heavy (non-hydrogen) atoms. The zero-order valence-corrected chi connectivity index (χ0v) is 10.8. The first-order valence-corrected chi connectivity index (χ1v) is 7.19. The Morgan fingerprint density at radius 2 is 2.06 bits per heavy atom. The third kappa shape index (κ3) is 3.42. The fraction of sp³-hybridized carbons (Fsp3) is 0.455. The maximum Gasteiger partial charge on any atom is 0.279 e. The molecule has 0 aliphatic carbocycles. The number of hydrogen-bond donors (Lipinski definition) is 2. The van der Waals surface area contributed by atoms with Crippen molar-refractivity contribution in [3.05, 3.63) is 29.8 Å². The summed E-state index contributed by atoms with van der Waals surface area (Å²) >= 11 is 0. The second-order valence-electron chi connectivity index (χ2n) is 4.08. The van der Waals surface area contributed by atoms with Crippen LogP contribution >= 0.6 is 0 Å². The Balaban J connectivity index is 1.96. The lowest BCUT2D eigenvalue weighted by molar-refractivity contribution is 0.0725. The Kier molecular flexibility index (Phi) is 4.18. The van der Waals surface area contributed by atoms with E-state index in [1.165, 1.54) is 4.31 Å². The van der Waals surface area contributed by atoms with Gasteiger partial charge in [-0.2, -0.15) is 17.4 Å². The lowest BCUT2D eigenvalue weighted by atomic mass is 10.2. The van der Waals surface area contributed by atoms with Crippen LogP contribution in [0.2, 0.25) is 0 Å². The average Bonchev–Trinajstić information content (AvgIpc) is 2.38. The van der Waals surface area contributed by atoms with E-state index in [0.29, 0.717) is 32.0 Å². The molecular weight excluding hydrogens is 254 g/mol. The SMILES string of the molecule is Nc1cccc(CNS(=O)(=O)N2CCOCC2)c1. The molecule has 0 atom stereocenters. The average molecular weight is 271 g/mol. The Bertz CT molecular complexity index is 498. The molecule has 7 heteroatoms. The Morgan fingerprint density at radius 3 is 2.72 bits per heavy atom. The number of nitrogens with one attached hydrogen (secondary N) is 1. The van der Waals surface area contributed by atoms with Crippen LogP contribution < -0.4 is 10.5 Å². The van der Waals surface area contributed by atoms with Crippen LogP contribution in [0.3, 0.4) is 0 Å². The molecule has 100 valence electrons. The Hall–Kier alpha value is -1.15. The van der Waals surface area contributed by atoms with Gasteiger partial charge in [-0.15, -0.1) is 0 Å². The largest absolute Gasteiger partial charge is 0.399 e. The first-order valence-electron chi connectivity index (χ1n) is 5.75. The van der Waals surface area contributed by atoms with Crippen LogP contribution in [-0.4, -0.2) is 39.0 Å². The fourth-order valence-corrected chi connectivity index (χ4v) is 2.92. The fourth-order valence-electron chi connectivity index (χ4n) is 1.76. The van der Waals surface area contributed by atoms with E-state index in [2.05, 4.69) is 4.72 Å². The smallest absolute Gasteiger partial charge is 0.279 e. The lowest BCUT2D eigenvalue weighted by Gasteiger charge is -2.26. The summed E-state index contributed by atoms with van der Waals surface area (Å²) in [4.78, 5) is 0. The van der Waals surface area contributed by atoms with Crippen LogP contribution in [0.25, 0.3) is 0 Å². The monoisotopic (exact) mass is 271 g/mol. The van der Waals surface area contributed by atoms with E-state index in [1.54, 1.807) is 18.2 Å². The number of rotatable bonds is 4. The number of morpholine rings is 1. The summed E-state index contributed by atoms with van der Waals surface area (Å²) in [6.07, 6.45) is 0. The van der Waals surface area contributed by atoms with Crippen LogP contribution in [0.4, 0.5) is 5.69 Å². The van der Waals surface area contributed by atoms with E-state index in [1.807, 2.05) is 6.07 Å². The Labute approximate surface area is 107 Å². The summed E-state index contributed by atoms with van der Waals surface area (Å²) in [5.74, 6) is 0. The number of nitrogen functional groups attached to an aromatic ring is 1. The van der Waals surface area contributed by atoms with E-state index in [-0.39, 0.29) is 6.54 Å². The summed E-state index contributed by atoms with van der Waals surface area (Å²) in [7, 11) is -3.43. The second-order valence-corrected chi connectivity index (χ2v) is 5.84. The molecule has 1 aromatic rings. The number of hydrogen-bond acceptors (Lipinski definition) is 4. The topological polar surface area (TPSA) is 84.7 Å². The van der Waals surface area contributed by atoms with E-state index in [4.69, 9.17) is 10.5 Å². The first kappa shape index (κ1) is 13.3. The number of anilines is 1. The molecule has 1 aliphatic rings. The molecule has 2 rings (SSSR count). The van der Waals surface area contributed by atoms with Crippen LogP contribution in [0.5, 0.6) is 0 Å². The second kappa shape index (κ2) is 5.66. The molecule has 1 aliphatic heterocycles. The highest BCUT2D eigenvalue weighted by Crippen LogP contribution is 2.08. The van der Waals surface area contributed by atoms with Crippen LogP contribution in [-0.2, 0) is 21.5 Å². The molecule has 0 unspecified atom stereocenters. The van der Waals surface area contributed by atoms with Gasteiger partial charge in [-0.05, 0) is 17.7 Å². The minimum absolute atomic E-state index is 0.241. The molecule has 6 nitrogen and oxygen atoms in total. The van der Waals surface area contributed by atoms with Crippen molar-refractivity contribution in [2.75, 3.05) is 32.0 Å². The molecule has 1 aromatic carbocycles. The molecule has 3 N–H and O–H groups in total. The van der Waals surface area contributed by atoms with Gasteiger partial charge in [0, 0.05) is 25.3 Å². The van der Waals surface area contributed by atoms with E-state index >= 15 is 0 Å². The van der Waals surface area contributed by atoms with Crippen molar-refractivity contribution in [2.45, 2.75) is 6.54 Å². The quantitative estimate of drug-likeness (QED) is 0.751.